The van der Waals surface area contributed by atoms with Gasteiger partial charge in [0.05, 0.1) is 7.11 Å². The molecule has 0 saturated carbocycles. The van der Waals surface area contributed by atoms with Crippen LogP contribution in [-0.2, 0) is 16.0 Å². The van der Waals surface area contributed by atoms with Gasteiger partial charge in [0.1, 0.15) is 0 Å². The summed E-state index contributed by atoms with van der Waals surface area (Å²) >= 11 is 0. The number of carbonyl (C=O) groups is 2. The molecule has 0 unspecified atom stereocenters. The summed E-state index contributed by atoms with van der Waals surface area (Å²) in [6, 6.07) is 5.57. The molecule has 0 saturated heterocycles. The molecule has 1 heterocycles. The van der Waals surface area contributed by atoms with Crippen molar-refractivity contribution in [2.45, 2.75) is 19.8 Å². The number of nitrogens with one attached hydrogen (secondary N) is 1. The summed E-state index contributed by atoms with van der Waals surface area (Å²) in [6.45, 7) is 2.28. The Kier molecular flexibility index (Phi) is 3.50. The lowest BCUT2D eigenvalue weighted by atomic mass is 10.0. The summed E-state index contributed by atoms with van der Waals surface area (Å²) in [6.07, 6.45) is 1.41. The minimum Gasteiger partial charge on any atom is -0.453 e. The van der Waals surface area contributed by atoms with Crippen LogP contribution >= 0.6 is 0 Å². The number of ether oxygens (including phenoxy) is 1. The average molecular weight is 248 g/mol. The first-order valence-corrected chi connectivity index (χ1v) is 5.88. The molecule has 18 heavy (non-hydrogen) atoms. The van der Waals surface area contributed by atoms with Gasteiger partial charge in [-0.25, -0.2) is 4.79 Å². The lowest BCUT2D eigenvalue weighted by Gasteiger charge is -2.29. The summed E-state index contributed by atoms with van der Waals surface area (Å²) in [5, 5.41) is 2.60. The van der Waals surface area contributed by atoms with E-state index >= 15 is 0 Å². The predicted octanol–water partition coefficient (Wildman–Crippen LogP) is 2.16. The number of benzene rings is 1. The lowest BCUT2D eigenvalue weighted by molar-refractivity contribution is -0.116. The Balaban J connectivity index is 2.30. The van der Waals surface area contributed by atoms with Gasteiger partial charge in [-0.2, -0.15) is 0 Å². The molecule has 0 spiro atoms. The molecule has 1 aromatic rings. The molecule has 96 valence electrons. The van der Waals surface area contributed by atoms with E-state index in [1.54, 1.807) is 11.8 Å². The van der Waals surface area contributed by atoms with Crippen molar-refractivity contribution in [3.63, 3.8) is 0 Å². The molecule has 5 heteroatoms. The molecule has 5 nitrogen and oxygen atoms in total. The van der Waals surface area contributed by atoms with Gasteiger partial charge in [-0.15, -0.1) is 0 Å². The molecule has 0 fully saturated rings. The van der Waals surface area contributed by atoms with Crippen LogP contribution in [0.2, 0.25) is 0 Å². The van der Waals surface area contributed by atoms with E-state index in [1.807, 2.05) is 18.2 Å². The minimum absolute atomic E-state index is 0.0196. The molecule has 0 atom stereocenters. The number of rotatable bonds is 1. The SMILES string of the molecule is COC(=O)Nc1ccc2c(c1)N(C(C)=O)CCC2. The molecule has 1 aliphatic heterocycles. The summed E-state index contributed by atoms with van der Waals surface area (Å²) in [5.74, 6) is 0.0196. The zero-order chi connectivity index (χ0) is 13.1. The molecular formula is C13H16N2O3. The molecular weight excluding hydrogens is 232 g/mol. The fourth-order valence-corrected chi connectivity index (χ4v) is 2.15. The molecule has 0 aromatic heterocycles. The number of anilines is 2. The Bertz CT molecular complexity index is 485. The third-order valence-electron chi connectivity index (χ3n) is 3.02. The summed E-state index contributed by atoms with van der Waals surface area (Å²) in [5.41, 5.74) is 2.64. The van der Waals surface area contributed by atoms with Gasteiger partial charge >= 0.3 is 6.09 Å². The zero-order valence-electron chi connectivity index (χ0n) is 10.5. The quantitative estimate of drug-likeness (QED) is 0.828. The molecule has 0 aliphatic carbocycles. The van der Waals surface area contributed by atoms with Crippen LogP contribution in [0.1, 0.15) is 18.9 Å². The second kappa shape index (κ2) is 5.08. The molecule has 1 aliphatic rings. The van der Waals surface area contributed by atoms with Crippen molar-refractivity contribution in [3.05, 3.63) is 23.8 Å². The van der Waals surface area contributed by atoms with Crippen molar-refractivity contribution in [2.75, 3.05) is 23.9 Å². The number of carbonyl (C=O) groups excluding carboxylic acids is 2. The first-order chi connectivity index (χ1) is 8.61. The van der Waals surface area contributed by atoms with Crippen LogP contribution in [0.25, 0.3) is 0 Å². The third-order valence-corrected chi connectivity index (χ3v) is 3.02. The van der Waals surface area contributed by atoms with Crippen LogP contribution in [0, 0.1) is 0 Å². The lowest BCUT2D eigenvalue weighted by Crippen LogP contribution is -2.33. The standard InChI is InChI=1S/C13H16N2O3/c1-9(16)15-7-3-4-10-5-6-11(8-12(10)15)14-13(17)18-2/h5-6,8H,3-4,7H2,1-2H3,(H,14,17). The highest BCUT2D eigenvalue weighted by Crippen LogP contribution is 2.30. The number of fused-ring (bicyclic) bond motifs is 1. The number of hydrogen-bond donors (Lipinski definition) is 1. The summed E-state index contributed by atoms with van der Waals surface area (Å²) in [4.78, 5) is 24.5. The Morgan fingerprint density at radius 3 is 2.83 bits per heavy atom. The maximum atomic E-state index is 11.6. The van der Waals surface area contributed by atoms with Crippen LogP contribution in [0.4, 0.5) is 16.2 Å². The van der Waals surface area contributed by atoms with Gasteiger partial charge in [0.15, 0.2) is 0 Å². The van der Waals surface area contributed by atoms with E-state index in [2.05, 4.69) is 10.1 Å². The van der Waals surface area contributed by atoms with Crippen LogP contribution in [0.5, 0.6) is 0 Å². The first kappa shape index (κ1) is 12.4. The molecule has 0 bridgehead atoms. The van der Waals surface area contributed by atoms with Crippen LogP contribution < -0.4 is 10.2 Å². The van der Waals surface area contributed by atoms with Gasteiger partial charge in [-0.05, 0) is 30.5 Å². The molecule has 1 N–H and O–H groups in total. The third kappa shape index (κ3) is 2.45. The first-order valence-electron chi connectivity index (χ1n) is 5.88. The van der Waals surface area contributed by atoms with E-state index < -0.39 is 6.09 Å². The fraction of sp³-hybridized carbons (Fsp3) is 0.385. The van der Waals surface area contributed by atoms with Gasteiger partial charge in [-0.1, -0.05) is 6.07 Å². The van der Waals surface area contributed by atoms with E-state index in [0.29, 0.717) is 5.69 Å². The Hall–Kier alpha value is -2.04. The van der Waals surface area contributed by atoms with E-state index in [-0.39, 0.29) is 5.91 Å². The smallest absolute Gasteiger partial charge is 0.411 e. The summed E-state index contributed by atoms with van der Waals surface area (Å²) in [7, 11) is 1.32. The number of amides is 2. The normalized spacial score (nSPS) is 13.8. The highest BCUT2D eigenvalue weighted by molar-refractivity contribution is 5.94. The van der Waals surface area contributed by atoms with E-state index in [1.165, 1.54) is 7.11 Å². The Morgan fingerprint density at radius 2 is 2.17 bits per heavy atom. The maximum absolute atomic E-state index is 11.6. The van der Waals surface area contributed by atoms with Crippen LogP contribution in [-0.4, -0.2) is 25.7 Å². The van der Waals surface area contributed by atoms with Crippen molar-refractivity contribution >= 4 is 23.4 Å². The minimum atomic E-state index is -0.514. The zero-order valence-corrected chi connectivity index (χ0v) is 10.5. The topological polar surface area (TPSA) is 58.6 Å². The average Bonchev–Trinajstić information content (AvgIpc) is 2.37. The van der Waals surface area contributed by atoms with Gasteiger partial charge < -0.3 is 9.64 Å². The highest BCUT2D eigenvalue weighted by Gasteiger charge is 2.20. The van der Waals surface area contributed by atoms with Crippen molar-refractivity contribution in [3.8, 4) is 0 Å². The van der Waals surface area contributed by atoms with Crippen molar-refractivity contribution < 1.29 is 14.3 Å². The highest BCUT2D eigenvalue weighted by atomic mass is 16.5. The second-order valence-corrected chi connectivity index (χ2v) is 4.23. The van der Waals surface area contributed by atoms with Crippen LogP contribution in [0.3, 0.4) is 0 Å². The molecule has 1 aromatic carbocycles. The second-order valence-electron chi connectivity index (χ2n) is 4.23. The van der Waals surface area contributed by atoms with Gasteiger partial charge in [0.2, 0.25) is 5.91 Å². The van der Waals surface area contributed by atoms with Crippen molar-refractivity contribution in [1.82, 2.24) is 0 Å². The monoisotopic (exact) mass is 248 g/mol. The van der Waals surface area contributed by atoms with Gasteiger partial charge in [0, 0.05) is 24.8 Å². The van der Waals surface area contributed by atoms with Crippen molar-refractivity contribution in [1.29, 1.82) is 0 Å². The van der Waals surface area contributed by atoms with Crippen LogP contribution in [0.15, 0.2) is 18.2 Å². The van der Waals surface area contributed by atoms with Gasteiger partial charge in [0.25, 0.3) is 0 Å². The van der Waals surface area contributed by atoms with Gasteiger partial charge in [-0.3, -0.25) is 10.1 Å². The Morgan fingerprint density at radius 1 is 1.39 bits per heavy atom. The van der Waals surface area contributed by atoms with Crippen molar-refractivity contribution in [2.24, 2.45) is 0 Å². The fourth-order valence-electron chi connectivity index (χ4n) is 2.15. The number of nitrogens with zero attached hydrogens (tertiary/aromatic N) is 1. The number of hydrogen-bond acceptors (Lipinski definition) is 3. The predicted molar refractivity (Wildman–Crippen MR) is 68.8 cm³/mol. The summed E-state index contributed by atoms with van der Waals surface area (Å²) < 4.78 is 4.54. The van der Waals surface area contributed by atoms with E-state index in [9.17, 15) is 9.59 Å². The number of aryl methyl sites for hydroxylation is 1. The number of methoxy groups -OCH3 is 1. The maximum Gasteiger partial charge on any atom is 0.411 e. The molecule has 2 rings (SSSR count). The Labute approximate surface area is 106 Å². The molecule has 0 radical (unpaired) electrons. The van der Waals surface area contributed by atoms with E-state index in [4.69, 9.17) is 0 Å². The molecule has 2 amide bonds. The largest absolute Gasteiger partial charge is 0.453 e. The van der Waals surface area contributed by atoms with E-state index in [0.717, 1.165) is 30.6 Å².